The topological polar surface area (TPSA) is 29.9 Å². The molecule has 3 nitrogen and oxygen atoms in total. The Morgan fingerprint density at radius 2 is 2.06 bits per heavy atom. The highest BCUT2D eigenvalue weighted by molar-refractivity contribution is 9.10. The van der Waals surface area contributed by atoms with E-state index < -0.39 is 0 Å². The number of nitrogens with zero attached hydrogens (tertiary/aromatic N) is 2. The summed E-state index contributed by atoms with van der Waals surface area (Å²) in [7, 11) is 3.92. The van der Waals surface area contributed by atoms with Crippen LogP contribution in [0, 0.1) is 6.92 Å². The first-order valence-electron chi connectivity index (χ1n) is 5.65. The summed E-state index contributed by atoms with van der Waals surface area (Å²) < 4.78 is 4.00. The lowest BCUT2D eigenvalue weighted by atomic mass is 9.99. The summed E-state index contributed by atoms with van der Waals surface area (Å²) in [5.41, 5.74) is 3.63. The van der Waals surface area contributed by atoms with Crippen molar-refractivity contribution in [3.05, 3.63) is 50.2 Å². The van der Waals surface area contributed by atoms with Crippen LogP contribution in [0.4, 0.5) is 0 Å². The minimum Gasteiger partial charge on any atom is -0.308 e. The van der Waals surface area contributed by atoms with Crippen LogP contribution in [0.3, 0.4) is 0 Å². The van der Waals surface area contributed by atoms with Crippen molar-refractivity contribution < 1.29 is 0 Å². The Morgan fingerprint density at radius 1 is 1.33 bits per heavy atom. The number of aromatic nitrogens is 2. The van der Waals surface area contributed by atoms with Crippen LogP contribution in [0.15, 0.2) is 33.3 Å². The largest absolute Gasteiger partial charge is 0.308 e. The fraction of sp³-hybridized carbons (Fsp3) is 0.308. The molecule has 0 radical (unpaired) electrons. The van der Waals surface area contributed by atoms with Gasteiger partial charge in [0, 0.05) is 11.5 Å². The zero-order chi connectivity index (χ0) is 13.3. The highest BCUT2D eigenvalue weighted by Crippen LogP contribution is 2.31. The minimum absolute atomic E-state index is 0.115. The molecule has 1 atom stereocenters. The van der Waals surface area contributed by atoms with Gasteiger partial charge in [0.05, 0.1) is 22.4 Å². The molecule has 1 unspecified atom stereocenters. The van der Waals surface area contributed by atoms with Gasteiger partial charge in [-0.05, 0) is 53.2 Å². The third-order valence-corrected chi connectivity index (χ3v) is 4.16. The lowest BCUT2D eigenvalue weighted by molar-refractivity contribution is 0.601. The van der Waals surface area contributed by atoms with Gasteiger partial charge in [-0.3, -0.25) is 4.68 Å². The summed E-state index contributed by atoms with van der Waals surface area (Å²) >= 11 is 7.10. The molecule has 1 heterocycles. The molecular weight excluding hydrogens is 358 g/mol. The Morgan fingerprint density at radius 3 is 2.61 bits per heavy atom. The molecule has 0 bridgehead atoms. The van der Waals surface area contributed by atoms with E-state index in [9.17, 15) is 0 Å². The van der Waals surface area contributed by atoms with Gasteiger partial charge in [0.2, 0.25) is 0 Å². The molecule has 96 valence electrons. The average Bonchev–Trinajstić information content (AvgIpc) is 2.66. The fourth-order valence-corrected chi connectivity index (χ4v) is 3.06. The summed E-state index contributed by atoms with van der Waals surface area (Å²) in [6.07, 6.45) is 1.83. The minimum atomic E-state index is 0.115. The molecule has 0 spiro atoms. The van der Waals surface area contributed by atoms with Crippen molar-refractivity contribution in [2.75, 3.05) is 7.05 Å². The smallest absolute Gasteiger partial charge is 0.0760 e. The van der Waals surface area contributed by atoms with Crippen LogP contribution >= 0.6 is 31.9 Å². The van der Waals surface area contributed by atoms with Gasteiger partial charge < -0.3 is 5.32 Å². The van der Waals surface area contributed by atoms with E-state index in [-0.39, 0.29) is 6.04 Å². The number of halogens is 2. The number of benzene rings is 1. The third kappa shape index (κ3) is 2.53. The van der Waals surface area contributed by atoms with E-state index in [1.165, 1.54) is 11.1 Å². The second-order valence-corrected chi connectivity index (χ2v) is 5.99. The maximum absolute atomic E-state index is 4.28. The van der Waals surface area contributed by atoms with E-state index in [4.69, 9.17) is 0 Å². The van der Waals surface area contributed by atoms with Crippen LogP contribution in [-0.2, 0) is 7.05 Å². The highest BCUT2D eigenvalue weighted by Gasteiger charge is 2.20. The zero-order valence-corrected chi connectivity index (χ0v) is 13.7. The Labute approximate surface area is 124 Å². The Balaban J connectivity index is 2.55. The van der Waals surface area contributed by atoms with Crippen LogP contribution in [0.5, 0.6) is 0 Å². The molecular formula is C13H15Br2N3. The molecule has 18 heavy (non-hydrogen) atoms. The predicted molar refractivity (Wildman–Crippen MR) is 80.7 cm³/mol. The van der Waals surface area contributed by atoms with Gasteiger partial charge in [-0.15, -0.1) is 0 Å². The third-order valence-electron chi connectivity index (χ3n) is 3.05. The zero-order valence-electron chi connectivity index (χ0n) is 10.5. The first-order valence-corrected chi connectivity index (χ1v) is 7.24. The standard InChI is InChI=1S/C13H15Br2N3/c1-8-4-5-9(14)6-10(8)12(16-2)13-11(15)7-17-18(13)3/h4-7,12,16H,1-3H3. The van der Waals surface area contributed by atoms with Crippen molar-refractivity contribution in [1.29, 1.82) is 0 Å². The molecule has 0 aliphatic rings. The first-order chi connectivity index (χ1) is 8.54. The van der Waals surface area contributed by atoms with Crippen LogP contribution in [-0.4, -0.2) is 16.8 Å². The molecule has 2 aromatic rings. The van der Waals surface area contributed by atoms with E-state index in [1.807, 2.05) is 25.0 Å². The summed E-state index contributed by atoms with van der Waals surface area (Å²) in [4.78, 5) is 0. The van der Waals surface area contributed by atoms with Gasteiger partial charge in [-0.25, -0.2) is 0 Å². The van der Waals surface area contributed by atoms with E-state index in [0.717, 1.165) is 14.6 Å². The number of hydrogen-bond donors (Lipinski definition) is 1. The summed E-state index contributed by atoms with van der Waals surface area (Å²) in [5, 5.41) is 7.64. The van der Waals surface area contributed by atoms with Crippen LogP contribution in [0.2, 0.25) is 0 Å². The number of nitrogens with one attached hydrogen (secondary N) is 1. The molecule has 0 fully saturated rings. The number of aryl methyl sites for hydroxylation is 2. The van der Waals surface area contributed by atoms with Crippen molar-refractivity contribution in [1.82, 2.24) is 15.1 Å². The lowest BCUT2D eigenvalue weighted by Crippen LogP contribution is -2.22. The second-order valence-electron chi connectivity index (χ2n) is 4.22. The number of hydrogen-bond acceptors (Lipinski definition) is 2. The predicted octanol–water partition coefficient (Wildman–Crippen LogP) is 3.56. The molecule has 5 heteroatoms. The molecule has 0 aliphatic carbocycles. The van der Waals surface area contributed by atoms with Gasteiger partial charge >= 0.3 is 0 Å². The average molecular weight is 373 g/mol. The van der Waals surface area contributed by atoms with E-state index >= 15 is 0 Å². The monoisotopic (exact) mass is 371 g/mol. The van der Waals surface area contributed by atoms with E-state index in [1.54, 1.807) is 0 Å². The summed E-state index contributed by atoms with van der Waals surface area (Å²) in [5.74, 6) is 0. The fourth-order valence-electron chi connectivity index (χ4n) is 2.11. The van der Waals surface area contributed by atoms with Gasteiger partial charge in [-0.2, -0.15) is 5.10 Å². The molecule has 0 amide bonds. The Bertz CT molecular complexity index is 544. The summed E-state index contributed by atoms with van der Waals surface area (Å²) in [6.45, 7) is 2.12. The normalized spacial score (nSPS) is 12.7. The maximum atomic E-state index is 4.28. The van der Waals surface area contributed by atoms with Crippen molar-refractivity contribution in [3.63, 3.8) is 0 Å². The van der Waals surface area contributed by atoms with Gasteiger partial charge in [0.1, 0.15) is 0 Å². The van der Waals surface area contributed by atoms with E-state index in [2.05, 4.69) is 67.4 Å². The molecule has 0 aliphatic heterocycles. The molecule has 1 aromatic carbocycles. The van der Waals surface area contributed by atoms with E-state index in [0.29, 0.717) is 0 Å². The van der Waals surface area contributed by atoms with Crippen molar-refractivity contribution in [2.24, 2.45) is 7.05 Å². The van der Waals surface area contributed by atoms with Crippen LogP contribution < -0.4 is 5.32 Å². The van der Waals surface area contributed by atoms with Crippen molar-refractivity contribution in [3.8, 4) is 0 Å². The van der Waals surface area contributed by atoms with Gasteiger partial charge in [0.15, 0.2) is 0 Å². The quantitative estimate of drug-likeness (QED) is 0.892. The lowest BCUT2D eigenvalue weighted by Gasteiger charge is -2.20. The second kappa shape index (κ2) is 5.55. The summed E-state index contributed by atoms with van der Waals surface area (Å²) in [6, 6.07) is 6.44. The molecule has 0 saturated carbocycles. The molecule has 1 N–H and O–H groups in total. The SMILES string of the molecule is CNC(c1cc(Br)ccc1C)c1c(Br)cnn1C. The van der Waals surface area contributed by atoms with Gasteiger partial charge in [0.25, 0.3) is 0 Å². The molecule has 0 saturated heterocycles. The van der Waals surface area contributed by atoms with Gasteiger partial charge in [-0.1, -0.05) is 22.0 Å². The Kier molecular flexibility index (Phi) is 4.25. The highest BCUT2D eigenvalue weighted by atomic mass is 79.9. The van der Waals surface area contributed by atoms with Crippen molar-refractivity contribution in [2.45, 2.75) is 13.0 Å². The Hall–Kier alpha value is -0.650. The molecule has 1 aromatic heterocycles. The first kappa shape index (κ1) is 13.8. The maximum Gasteiger partial charge on any atom is 0.0760 e. The van der Waals surface area contributed by atoms with Crippen LogP contribution in [0.1, 0.15) is 22.9 Å². The molecule has 2 rings (SSSR count). The van der Waals surface area contributed by atoms with Crippen LogP contribution in [0.25, 0.3) is 0 Å². The number of rotatable bonds is 3. The van der Waals surface area contributed by atoms with Crippen molar-refractivity contribution >= 4 is 31.9 Å².